The van der Waals surface area contributed by atoms with E-state index >= 15 is 0 Å². The molecule has 0 N–H and O–H groups in total. The molecule has 0 bridgehead atoms. The highest BCUT2D eigenvalue weighted by Gasteiger charge is 2.23. The molecule has 0 amide bonds. The van der Waals surface area contributed by atoms with Gasteiger partial charge < -0.3 is 9.47 Å². The Labute approximate surface area is 183 Å². The third kappa shape index (κ3) is 5.01. The first-order valence-corrected chi connectivity index (χ1v) is 13.0. The van der Waals surface area contributed by atoms with Crippen LogP contribution in [0.2, 0.25) is 0 Å². The van der Waals surface area contributed by atoms with Crippen molar-refractivity contribution in [2.45, 2.75) is 57.3 Å². The molecule has 0 fully saturated rings. The number of hydrogen-bond donors (Lipinski definition) is 0. The molecule has 0 unspecified atom stereocenters. The molecule has 3 rings (SSSR count). The third-order valence-corrected chi connectivity index (χ3v) is 6.53. The fourth-order valence-electron chi connectivity index (χ4n) is 3.67. The molecule has 0 aromatic heterocycles. The van der Waals surface area contributed by atoms with E-state index in [1.807, 2.05) is 30.3 Å². The van der Waals surface area contributed by atoms with E-state index in [9.17, 15) is 8.42 Å². The minimum absolute atomic E-state index is 0.0521. The van der Waals surface area contributed by atoms with E-state index in [-0.39, 0.29) is 4.90 Å². The van der Waals surface area contributed by atoms with Crippen molar-refractivity contribution in [1.82, 2.24) is 0 Å². The summed E-state index contributed by atoms with van der Waals surface area (Å²) < 4.78 is 37.2. The first kappa shape index (κ1) is 22.7. The molecule has 30 heavy (non-hydrogen) atoms. The van der Waals surface area contributed by atoms with Crippen LogP contribution in [0.1, 0.15) is 52.4 Å². The van der Waals surface area contributed by atoms with Gasteiger partial charge in [0.1, 0.15) is 11.5 Å². The van der Waals surface area contributed by atoms with Crippen molar-refractivity contribution in [3.8, 4) is 11.5 Å². The zero-order chi connectivity index (χ0) is 21.6. The van der Waals surface area contributed by atoms with Crippen molar-refractivity contribution in [3.05, 3.63) is 42.5 Å². The Morgan fingerprint density at radius 2 is 1.27 bits per heavy atom. The molecule has 0 atom stereocenters. The van der Waals surface area contributed by atoms with Gasteiger partial charge in [0.05, 0.1) is 18.1 Å². The van der Waals surface area contributed by atoms with E-state index < -0.39 is 9.05 Å². The average Bonchev–Trinajstić information content (AvgIpc) is 2.73. The zero-order valence-electron chi connectivity index (χ0n) is 17.6. The van der Waals surface area contributed by atoms with Crippen molar-refractivity contribution in [2.75, 3.05) is 13.2 Å². The Bertz CT molecular complexity index is 1110. The van der Waals surface area contributed by atoms with Gasteiger partial charge in [-0.3, -0.25) is 0 Å². The highest BCUT2D eigenvalue weighted by molar-refractivity contribution is 8.14. The van der Waals surface area contributed by atoms with Crippen LogP contribution < -0.4 is 9.47 Å². The van der Waals surface area contributed by atoms with Crippen molar-refractivity contribution >= 4 is 41.3 Å². The second-order valence-corrected chi connectivity index (χ2v) is 9.97. The van der Waals surface area contributed by atoms with Crippen LogP contribution >= 0.6 is 10.7 Å². The molecular formula is C24H29ClO4S. The summed E-state index contributed by atoms with van der Waals surface area (Å²) in [7, 11) is 1.85. The summed E-state index contributed by atoms with van der Waals surface area (Å²) in [5.41, 5.74) is 0. The van der Waals surface area contributed by atoms with E-state index in [1.54, 1.807) is 6.07 Å². The van der Waals surface area contributed by atoms with Crippen LogP contribution in [-0.2, 0) is 9.05 Å². The van der Waals surface area contributed by atoms with Crippen molar-refractivity contribution in [3.63, 3.8) is 0 Å². The number of fused-ring (bicyclic) bond motifs is 2. The molecule has 162 valence electrons. The molecular weight excluding hydrogens is 420 g/mol. The second-order valence-electron chi connectivity index (χ2n) is 7.43. The molecule has 0 aliphatic heterocycles. The monoisotopic (exact) mass is 448 g/mol. The van der Waals surface area contributed by atoms with Crippen molar-refractivity contribution in [2.24, 2.45) is 0 Å². The minimum atomic E-state index is -3.97. The predicted octanol–water partition coefficient (Wildman–Crippen LogP) is 7.06. The summed E-state index contributed by atoms with van der Waals surface area (Å²) in [6, 6.07) is 12.9. The van der Waals surface area contributed by atoms with Crippen LogP contribution in [0.5, 0.6) is 11.5 Å². The molecule has 0 spiro atoms. The van der Waals surface area contributed by atoms with Gasteiger partial charge in [-0.25, -0.2) is 8.42 Å². The Morgan fingerprint density at radius 3 is 1.83 bits per heavy atom. The van der Waals surface area contributed by atoms with E-state index in [1.165, 1.54) is 6.07 Å². The summed E-state index contributed by atoms with van der Waals surface area (Å²) in [6.07, 6.45) is 6.15. The largest absolute Gasteiger partial charge is 0.492 e. The molecule has 6 heteroatoms. The van der Waals surface area contributed by atoms with E-state index in [0.717, 1.165) is 49.3 Å². The maximum atomic E-state index is 12.4. The number of halogens is 1. The SMILES string of the molecule is CCCCCOc1c2ccccc2c(OCCCCC)c2c(S(=O)(=O)Cl)cccc12. The molecule has 0 aliphatic rings. The van der Waals surface area contributed by atoms with Crippen LogP contribution in [0.25, 0.3) is 21.5 Å². The number of benzene rings is 3. The lowest BCUT2D eigenvalue weighted by Crippen LogP contribution is -2.04. The van der Waals surface area contributed by atoms with Crippen molar-refractivity contribution in [1.29, 1.82) is 0 Å². The summed E-state index contributed by atoms with van der Waals surface area (Å²) in [6.45, 7) is 5.36. The Balaban J connectivity index is 2.25. The first-order valence-electron chi connectivity index (χ1n) is 10.7. The van der Waals surface area contributed by atoms with E-state index in [2.05, 4.69) is 13.8 Å². The van der Waals surface area contributed by atoms with Gasteiger partial charge in [-0.05, 0) is 18.9 Å². The average molecular weight is 449 g/mol. The highest BCUT2D eigenvalue weighted by Crippen LogP contribution is 2.45. The van der Waals surface area contributed by atoms with Crippen LogP contribution in [0.3, 0.4) is 0 Å². The summed E-state index contributed by atoms with van der Waals surface area (Å²) >= 11 is 0. The topological polar surface area (TPSA) is 52.6 Å². The van der Waals surface area contributed by atoms with Crippen molar-refractivity contribution < 1.29 is 17.9 Å². The number of ether oxygens (including phenoxy) is 2. The van der Waals surface area contributed by atoms with Gasteiger partial charge in [-0.1, -0.05) is 75.9 Å². The fourth-order valence-corrected chi connectivity index (χ4v) is 4.75. The highest BCUT2D eigenvalue weighted by atomic mass is 35.7. The molecule has 0 saturated carbocycles. The molecule has 0 radical (unpaired) electrons. The maximum Gasteiger partial charge on any atom is 0.262 e. The molecule has 3 aromatic rings. The molecule has 0 aliphatic carbocycles. The standard InChI is InChI=1S/C24H29ClO4S/c1-3-5-9-16-28-23-18-12-7-8-13-19(18)24(29-17-10-6-4-2)22-20(23)14-11-15-21(22)30(25,26)27/h7-8,11-15H,3-6,9-10,16-17H2,1-2H3. The summed E-state index contributed by atoms with van der Waals surface area (Å²) in [5.74, 6) is 1.23. The van der Waals surface area contributed by atoms with Gasteiger partial charge in [0.25, 0.3) is 9.05 Å². The Morgan fingerprint density at radius 1 is 0.733 bits per heavy atom. The Kier molecular flexibility index (Phi) is 7.84. The molecule has 4 nitrogen and oxygen atoms in total. The lowest BCUT2D eigenvalue weighted by Gasteiger charge is -2.19. The van der Waals surface area contributed by atoms with Crippen LogP contribution in [0, 0.1) is 0 Å². The predicted molar refractivity (Wildman–Crippen MR) is 125 cm³/mol. The quantitative estimate of drug-likeness (QED) is 0.179. The molecule has 0 heterocycles. The lowest BCUT2D eigenvalue weighted by molar-refractivity contribution is 0.308. The molecule has 3 aromatic carbocycles. The lowest BCUT2D eigenvalue weighted by atomic mass is 10.0. The fraction of sp³-hybridized carbons (Fsp3) is 0.417. The van der Waals surface area contributed by atoms with E-state index in [4.69, 9.17) is 20.2 Å². The summed E-state index contributed by atoms with van der Waals surface area (Å²) in [5, 5.41) is 2.95. The number of hydrogen-bond acceptors (Lipinski definition) is 4. The minimum Gasteiger partial charge on any atom is -0.492 e. The van der Waals surface area contributed by atoms with E-state index in [0.29, 0.717) is 35.5 Å². The van der Waals surface area contributed by atoms with Crippen LogP contribution in [0.15, 0.2) is 47.4 Å². The smallest absolute Gasteiger partial charge is 0.262 e. The van der Waals surface area contributed by atoms with Gasteiger partial charge in [0.2, 0.25) is 0 Å². The zero-order valence-corrected chi connectivity index (χ0v) is 19.2. The Hall–Kier alpha value is -1.98. The molecule has 0 saturated heterocycles. The van der Waals surface area contributed by atoms with Gasteiger partial charge in [0, 0.05) is 32.2 Å². The number of rotatable bonds is 11. The summed E-state index contributed by atoms with van der Waals surface area (Å²) in [4.78, 5) is 0.0521. The van der Waals surface area contributed by atoms with Gasteiger partial charge >= 0.3 is 0 Å². The van der Waals surface area contributed by atoms with Crippen LogP contribution in [-0.4, -0.2) is 21.6 Å². The first-order chi connectivity index (χ1) is 14.5. The van der Waals surface area contributed by atoms with Crippen LogP contribution in [0.4, 0.5) is 0 Å². The third-order valence-electron chi connectivity index (χ3n) is 5.17. The van der Waals surface area contributed by atoms with Gasteiger partial charge in [0.15, 0.2) is 0 Å². The number of unbranched alkanes of at least 4 members (excludes halogenated alkanes) is 4. The normalized spacial score (nSPS) is 11.8. The van der Waals surface area contributed by atoms with Gasteiger partial charge in [-0.2, -0.15) is 0 Å². The second kappa shape index (κ2) is 10.4. The van der Waals surface area contributed by atoms with Gasteiger partial charge in [-0.15, -0.1) is 0 Å². The maximum absolute atomic E-state index is 12.4.